The Hall–Kier alpha value is -3.03. The Morgan fingerprint density at radius 1 is 0.958 bits per heavy atom. The number of aromatic nitrogens is 1. The van der Waals surface area contributed by atoms with Crippen LogP contribution in [-0.4, -0.2) is 12.1 Å². The van der Waals surface area contributed by atoms with E-state index in [0.29, 0.717) is 16.3 Å². The van der Waals surface area contributed by atoms with Crippen LogP contribution in [0.2, 0.25) is 5.02 Å². The third kappa shape index (κ3) is 3.48. The second-order valence-corrected chi connectivity index (χ2v) is 5.41. The average molecular weight is 337 g/mol. The molecule has 5 heteroatoms. The minimum atomic E-state index is 0.264. The van der Waals surface area contributed by atoms with Crippen LogP contribution in [0.15, 0.2) is 60.8 Å². The number of methoxy groups -OCH3 is 1. The molecular weight excluding hydrogens is 324 g/mol. The Morgan fingerprint density at radius 3 is 2.25 bits per heavy atom. The maximum atomic E-state index is 9.38. The molecule has 1 heterocycles. The second-order valence-electron chi connectivity index (χ2n) is 4.97. The largest absolute Gasteiger partial charge is 0.497 e. The van der Waals surface area contributed by atoms with Crippen molar-refractivity contribution in [2.75, 3.05) is 7.11 Å². The van der Waals surface area contributed by atoms with E-state index in [1.807, 2.05) is 12.1 Å². The molecule has 0 aliphatic rings. The Kier molecular flexibility index (Phi) is 4.64. The maximum Gasteiger partial charge on any atom is 0.237 e. The highest BCUT2D eigenvalue weighted by molar-refractivity contribution is 6.30. The summed E-state index contributed by atoms with van der Waals surface area (Å²) in [6, 6.07) is 18.3. The lowest BCUT2D eigenvalue weighted by Gasteiger charge is -2.09. The van der Waals surface area contributed by atoms with E-state index >= 15 is 0 Å². The Morgan fingerprint density at radius 2 is 1.62 bits per heavy atom. The van der Waals surface area contributed by atoms with Crippen LogP contribution in [0.4, 0.5) is 0 Å². The van der Waals surface area contributed by atoms with Crippen LogP contribution in [0.25, 0.3) is 11.1 Å². The Balaban J connectivity index is 1.89. The molecule has 118 valence electrons. The van der Waals surface area contributed by atoms with Gasteiger partial charge in [0.2, 0.25) is 5.88 Å². The number of pyridine rings is 1. The topological polar surface area (TPSA) is 55.1 Å². The normalized spacial score (nSPS) is 10.0. The highest BCUT2D eigenvalue weighted by atomic mass is 35.5. The summed E-state index contributed by atoms with van der Waals surface area (Å²) in [6.07, 6.45) is 1.67. The summed E-state index contributed by atoms with van der Waals surface area (Å²) in [5, 5.41) is 10.0. The fourth-order valence-electron chi connectivity index (χ4n) is 2.17. The van der Waals surface area contributed by atoms with Gasteiger partial charge in [-0.2, -0.15) is 5.26 Å². The molecule has 0 amide bonds. The van der Waals surface area contributed by atoms with Gasteiger partial charge in [-0.05, 0) is 48.0 Å². The van der Waals surface area contributed by atoms with Gasteiger partial charge in [0.25, 0.3) is 0 Å². The summed E-state index contributed by atoms with van der Waals surface area (Å²) in [7, 11) is 1.60. The van der Waals surface area contributed by atoms with Crippen molar-refractivity contribution in [3.63, 3.8) is 0 Å². The lowest BCUT2D eigenvalue weighted by atomic mass is 10.1. The first kappa shape index (κ1) is 15.9. The van der Waals surface area contributed by atoms with Gasteiger partial charge in [-0.3, -0.25) is 0 Å². The van der Waals surface area contributed by atoms with Gasteiger partial charge in [-0.15, -0.1) is 0 Å². The van der Waals surface area contributed by atoms with Crippen LogP contribution >= 0.6 is 11.6 Å². The molecule has 4 nitrogen and oxygen atoms in total. The lowest BCUT2D eigenvalue weighted by Crippen LogP contribution is -1.93. The van der Waals surface area contributed by atoms with E-state index in [0.717, 1.165) is 16.9 Å². The zero-order valence-electron chi connectivity index (χ0n) is 12.9. The molecule has 0 bridgehead atoms. The molecule has 0 aliphatic carbocycles. The average Bonchev–Trinajstić information content (AvgIpc) is 2.63. The molecule has 0 N–H and O–H groups in total. The van der Waals surface area contributed by atoms with Crippen molar-refractivity contribution in [3.8, 4) is 34.6 Å². The number of hydrogen-bond acceptors (Lipinski definition) is 4. The second kappa shape index (κ2) is 7.03. The summed E-state index contributed by atoms with van der Waals surface area (Å²) in [4.78, 5) is 4.28. The van der Waals surface area contributed by atoms with Crippen molar-refractivity contribution in [1.82, 2.24) is 4.98 Å². The molecule has 0 saturated heterocycles. The predicted molar refractivity (Wildman–Crippen MR) is 92.5 cm³/mol. The molecule has 0 atom stereocenters. The minimum Gasteiger partial charge on any atom is -0.497 e. The van der Waals surface area contributed by atoms with Gasteiger partial charge in [0.1, 0.15) is 23.1 Å². The SMILES string of the molecule is COc1ccc(Oc2ncc(-c3ccc(Cl)cc3)cc2C#N)cc1. The first-order chi connectivity index (χ1) is 11.7. The Labute approximate surface area is 144 Å². The zero-order chi connectivity index (χ0) is 16.9. The molecule has 0 fully saturated rings. The maximum absolute atomic E-state index is 9.38. The smallest absolute Gasteiger partial charge is 0.237 e. The summed E-state index contributed by atoms with van der Waals surface area (Å²) in [6.45, 7) is 0. The van der Waals surface area contributed by atoms with E-state index in [-0.39, 0.29) is 5.88 Å². The standard InChI is InChI=1S/C19H13ClN2O2/c1-23-17-6-8-18(9-7-17)24-19-14(11-21)10-15(12-22-19)13-2-4-16(20)5-3-13/h2-10,12H,1H3. The monoisotopic (exact) mass is 336 g/mol. The predicted octanol–water partition coefficient (Wildman–Crippen LogP) is 5.07. The van der Waals surface area contributed by atoms with Crippen molar-refractivity contribution in [2.45, 2.75) is 0 Å². The molecule has 0 spiro atoms. The molecule has 24 heavy (non-hydrogen) atoms. The van der Waals surface area contributed by atoms with Crippen molar-refractivity contribution >= 4 is 11.6 Å². The summed E-state index contributed by atoms with van der Waals surface area (Å²) < 4.78 is 10.8. The number of nitrogens with zero attached hydrogens (tertiary/aromatic N) is 2. The van der Waals surface area contributed by atoms with Gasteiger partial charge in [-0.1, -0.05) is 23.7 Å². The van der Waals surface area contributed by atoms with Crippen molar-refractivity contribution < 1.29 is 9.47 Å². The number of halogens is 1. The molecule has 0 aliphatic heterocycles. The van der Waals surface area contributed by atoms with Crippen LogP contribution in [0.1, 0.15) is 5.56 Å². The summed E-state index contributed by atoms with van der Waals surface area (Å²) in [5.41, 5.74) is 2.11. The van der Waals surface area contributed by atoms with Crippen molar-refractivity contribution in [2.24, 2.45) is 0 Å². The molecule has 2 aromatic carbocycles. The van der Waals surface area contributed by atoms with Gasteiger partial charge in [0.05, 0.1) is 7.11 Å². The van der Waals surface area contributed by atoms with E-state index in [1.165, 1.54) is 0 Å². The molecule has 1 aromatic heterocycles. The van der Waals surface area contributed by atoms with E-state index in [1.54, 1.807) is 55.8 Å². The number of rotatable bonds is 4. The fraction of sp³-hybridized carbons (Fsp3) is 0.0526. The van der Waals surface area contributed by atoms with Crippen molar-refractivity contribution in [3.05, 3.63) is 71.4 Å². The van der Waals surface area contributed by atoms with Crippen LogP contribution in [0.3, 0.4) is 0 Å². The van der Waals surface area contributed by atoms with E-state index in [4.69, 9.17) is 21.1 Å². The molecule has 3 rings (SSSR count). The fourth-order valence-corrected chi connectivity index (χ4v) is 2.30. The van der Waals surface area contributed by atoms with Gasteiger partial charge in [-0.25, -0.2) is 4.98 Å². The van der Waals surface area contributed by atoms with E-state index < -0.39 is 0 Å². The number of ether oxygens (including phenoxy) is 2. The molecule has 0 radical (unpaired) electrons. The quantitative estimate of drug-likeness (QED) is 0.667. The number of benzene rings is 2. The highest BCUT2D eigenvalue weighted by Crippen LogP contribution is 2.28. The number of hydrogen-bond donors (Lipinski definition) is 0. The molecular formula is C19H13ClN2O2. The molecule has 3 aromatic rings. The van der Waals surface area contributed by atoms with Crippen molar-refractivity contribution in [1.29, 1.82) is 5.26 Å². The van der Waals surface area contributed by atoms with Gasteiger partial charge in [0, 0.05) is 16.8 Å². The molecule has 0 saturated carbocycles. The minimum absolute atomic E-state index is 0.264. The van der Waals surface area contributed by atoms with Crippen LogP contribution in [0, 0.1) is 11.3 Å². The van der Waals surface area contributed by atoms with E-state index in [2.05, 4.69) is 11.1 Å². The van der Waals surface area contributed by atoms with Crippen LogP contribution < -0.4 is 9.47 Å². The first-order valence-corrected chi connectivity index (χ1v) is 7.55. The number of nitriles is 1. The van der Waals surface area contributed by atoms with Gasteiger partial charge < -0.3 is 9.47 Å². The zero-order valence-corrected chi connectivity index (χ0v) is 13.6. The lowest BCUT2D eigenvalue weighted by molar-refractivity contribution is 0.412. The van der Waals surface area contributed by atoms with Gasteiger partial charge >= 0.3 is 0 Å². The van der Waals surface area contributed by atoms with Crippen LogP contribution in [-0.2, 0) is 0 Å². The van der Waals surface area contributed by atoms with Crippen LogP contribution in [0.5, 0.6) is 17.4 Å². The van der Waals surface area contributed by atoms with Gasteiger partial charge in [0.15, 0.2) is 0 Å². The van der Waals surface area contributed by atoms with E-state index in [9.17, 15) is 5.26 Å². The third-order valence-electron chi connectivity index (χ3n) is 3.42. The Bertz CT molecular complexity index is 885. The molecule has 0 unspecified atom stereocenters. The first-order valence-electron chi connectivity index (χ1n) is 7.17. The summed E-state index contributed by atoms with van der Waals surface area (Å²) in [5.74, 6) is 1.58. The highest BCUT2D eigenvalue weighted by Gasteiger charge is 2.09. The summed E-state index contributed by atoms with van der Waals surface area (Å²) >= 11 is 5.90. The third-order valence-corrected chi connectivity index (χ3v) is 3.68.